The lowest BCUT2D eigenvalue weighted by atomic mass is 9.96. The van der Waals surface area contributed by atoms with Gasteiger partial charge in [0.15, 0.2) is 0 Å². The van der Waals surface area contributed by atoms with Gasteiger partial charge >= 0.3 is 0 Å². The summed E-state index contributed by atoms with van der Waals surface area (Å²) < 4.78 is 0. The van der Waals surface area contributed by atoms with Crippen molar-refractivity contribution in [3.63, 3.8) is 0 Å². The molecule has 0 aliphatic heterocycles. The van der Waals surface area contributed by atoms with E-state index < -0.39 is 0 Å². The second-order valence-electron chi connectivity index (χ2n) is 5.72. The van der Waals surface area contributed by atoms with Gasteiger partial charge in [-0.2, -0.15) is 4.98 Å². The average molecular weight is 296 g/mol. The van der Waals surface area contributed by atoms with E-state index in [4.69, 9.17) is 11.5 Å². The van der Waals surface area contributed by atoms with Crippen molar-refractivity contribution in [1.29, 1.82) is 0 Å². The van der Waals surface area contributed by atoms with Gasteiger partial charge in [0.2, 0.25) is 5.95 Å². The molecular weight excluding hydrogens is 276 g/mol. The standard InChI is InChI=1S/C16H20N4Si/c1-9-4-3-5-14(10(9)2)21-11-6-7-13-12(8-11)15(17)20-16(18)19-13/h3-5,11H,6-8H2,1-2H3,(H4,17,18,19,20). The lowest BCUT2D eigenvalue weighted by Gasteiger charge is -2.25. The number of nitrogen functional groups attached to an aromatic ring is 2. The Morgan fingerprint density at radius 1 is 1.19 bits per heavy atom. The molecule has 1 aromatic carbocycles. The predicted octanol–water partition coefficient (Wildman–Crippen LogP) is 1.56. The van der Waals surface area contributed by atoms with Gasteiger partial charge < -0.3 is 11.5 Å². The van der Waals surface area contributed by atoms with Crippen LogP contribution in [0.15, 0.2) is 18.2 Å². The van der Waals surface area contributed by atoms with E-state index in [9.17, 15) is 0 Å². The first-order valence-corrected chi connectivity index (χ1v) is 8.36. The molecule has 1 aliphatic rings. The Balaban J connectivity index is 1.82. The van der Waals surface area contributed by atoms with Gasteiger partial charge in [-0.05, 0) is 49.8 Å². The second kappa shape index (κ2) is 5.48. The van der Waals surface area contributed by atoms with Crippen LogP contribution in [-0.2, 0) is 12.8 Å². The Bertz CT molecular complexity index is 684. The Hall–Kier alpha value is -1.88. The number of aromatic nitrogens is 2. The van der Waals surface area contributed by atoms with Crippen molar-refractivity contribution < 1.29 is 0 Å². The second-order valence-corrected chi connectivity index (χ2v) is 7.37. The maximum Gasteiger partial charge on any atom is 0.222 e. The molecule has 4 nitrogen and oxygen atoms in total. The van der Waals surface area contributed by atoms with Crippen LogP contribution >= 0.6 is 0 Å². The predicted molar refractivity (Wildman–Crippen MR) is 87.9 cm³/mol. The SMILES string of the molecule is Cc1cccc([Si]C2CCc3nc(N)nc(N)c3C2)c1C. The van der Waals surface area contributed by atoms with Crippen LogP contribution < -0.4 is 16.7 Å². The molecule has 5 heteroatoms. The Morgan fingerprint density at radius 2 is 2.00 bits per heavy atom. The summed E-state index contributed by atoms with van der Waals surface area (Å²) in [5.41, 5.74) is 17.3. The number of anilines is 2. The zero-order valence-electron chi connectivity index (χ0n) is 12.5. The molecule has 0 fully saturated rings. The fourth-order valence-corrected chi connectivity index (χ4v) is 4.55. The van der Waals surface area contributed by atoms with Gasteiger partial charge in [0, 0.05) is 5.56 Å². The average Bonchev–Trinajstić information content (AvgIpc) is 2.44. The fraction of sp³-hybridized carbons (Fsp3) is 0.375. The van der Waals surface area contributed by atoms with E-state index in [2.05, 4.69) is 42.0 Å². The van der Waals surface area contributed by atoms with Crippen LogP contribution in [0.4, 0.5) is 11.8 Å². The van der Waals surface area contributed by atoms with E-state index in [-0.39, 0.29) is 0 Å². The van der Waals surface area contributed by atoms with Gasteiger partial charge in [-0.3, -0.25) is 0 Å². The van der Waals surface area contributed by atoms with Crippen LogP contribution in [0.2, 0.25) is 5.54 Å². The summed E-state index contributed by atoms with van der Waals surface area (Å²) in [7, 11) is 0.812. The quantitative estimate of drug-likeness (QED) is 0.825. The van der Waals surface area contributed by atoms with Crippen LogP contribution in [0.25, 0.3) is 0 Å². The number of fused-ring (bicyclic) bond motifs is 1. The molecule has 1 unspecified atom stereocenters. The summed E-state index contributed by atoms with van der Waals surface area (Å²) in [6, 6.07) is 6.58. The number of hydrogen-bond donors (Lipinski definition) is 2. The molecule has 0 saturated carbocycles. The van der Waals surface area contributed by atoms with Crippen molar-refractivity contribution in [1.82, 2.24) is 9.97 Å². The smallest absolute Gasteiger partial charge is 0.222 e. The molecule has 1 heterocycles. The first kappa shape index (κ1) is 14.1. The van der Waals surface area contributed by atoms with Crippen LogP contribution in [0.1, 0.15) is 28.8 Å². The van der Waals surface area contributed by atoms with Gasteiger partial charge in [-0.15, -0.1) is 0 Å². The highest BCUT2D eigenvalue weighted by molar-refractivity contribution is 6.55. The number of rotatable bonds is 2. The van der Waals surface area contributed by atoms with Gasteiger partial charge in [0.05, 0.1) is 15.2 Å². The first-order valence-electron chi connectivity index (χ1n) is 7.28. The number of nitrogens with zero attached hydrogens (tertiary/aromatic N) is 2. The van der Waals surface area contributed by atoms with E-state index in [0.717, 1.165) is 40.0 Å². The minimum Gasteiger partial charge on any atom is -0.383 e. The first-order chi connectivity index (χ1) is 10.0. The number of aryl methyl sites for hydroxylation is 2. The molecule has 1 aromatic heterocycles. The lowest BCUT2D eigenvalue weighted by molar-refractivity contribution is 0.661. The van der Waals surface area contributed by atoms with Gasteiger partial charge in [-0.1, -0.05) is 23.4 Å². The normalized spacial score (nSPS) is 17.5. The minimum absolute atomic E-state index is 0.293. The van der Waals surface area contributed by atoms with Crippen LogP contribution in [0, 0.1) is 13.8 Å². The Kier molecular flexibility index (Phi) is 3.67. The highest BCUT2D eigenvalue weighted by Crippen LogP contribution is 2.31. The minimum atomic E-state index is 0.293. The maximum atomic E-state index is 6.02. The van der Waals surface area contributed by atoms with Gasteiger partial charge in [0.25, 0.3) is 0 Å². The number of hydrogen-bond acceptors (Lipinski definition) is 4. The molecule has 3 rings (SSSR count). The molecule has 0 bridgehead atoms. The summed E-state index contributed by atoms with van der Waals surface area (Å²) in [5.74, 6) is 0.856. The highest BCUT2D eigenvalue weighted by Gasteiger charge is 2.24. The van der Waals surface area contributed by atoms with Gasteiger partial charge in [0.1, 0.15) is 5.82 Å². The van der Waals surface area contributed by atoms with Crippen molar-refractivity contribution in [3.8, 4) is 0 Å². The van der Waals surface area contributed by atoms with Crippen molar-refractivity contribution in [2.24, 2.45) is 0 Å². The topological polar surface area (TPSA) is 77.8 Å². The van der Waals surface area contributed by atoms with Gasteiger partial charge in [-0.25, -0.2) is 4.98 Å². The van der Waals surface area contributed by atoms with Crippen molar-refractivity contribution in [2.45, 2.75) is 38.7 Å². The van der Waals surface area contributed by atoms with Crippen molar-refractivity contribution >= 4 is 26.5 Å². The number of nitrogens with two attached hydrogens (primary N) is 2. The molecule has 2 aromatic rings. The third-order valence-electron chi connectivity index (χ3n) is 4.29. The third kappa shape index (κ3) is 2.78. The molecule has 0 saturated heterocycles. The Labute approximate surface area is 127 Å². The zero-order valence-corrected chi connectivity index (χ0v) is 13.5. The zero-order chi connectivity index (χ0) is 15.0. The third-order valence-corrected chi connectivity index (χ3v) is 6.04. The molecule has 1 atom stereocenters. The molecule has 1 aliphatic carbocycles. The summed E-state index contributed by atoms with van der Waals surface area (Å²) in [5, 5.41) is 1.47. The Morgan fingerprint density at radius 3 is 2.81 bits per heavy atom. The van der Waals surface area contributed by atoms with Crippen LogP contribution in [-0.4, -0.2) is 19.5 Å². The summed E-state index contributed by atoms with van der Waals surface area (Å²) in [6.07, 6.45) is 3.07. The maximum absolute atomic E-state index is 6.02. The van der Waals surface area contributed by atoms with Crippen LogP contribution in [0.5, 0.6) is 0 Å². The summed E-state index contributed by atoms with van der Waals surface area (Å²) >= 11 is 0. The van der Waals surface area contributed by atoms with E-state index >= 15 is 0 Å². The molecular formula is C16H20N4Si. The highest BCUT2D eigenvalue weighted by atomic mass is 28.2. The summed E-state index contributed by atoms with van der Waals surface area (Å²) in [6.45, 7) is 4.39. The molecule has 2 radical (unpaired) electrons. The van der Waals surface area contributed by atoms with Crippen LogP contribution in [0.3, 0.4) is 0 Å². The van der Waals surface area contributed by atoms with E-state index in [1.54, 1.807) is 0 Å². The lowest BCUT2D eigenvalue weighted by Crippen LogP contribution is -2.27. The largest absolute Gasteiger partial charge is 0.383 e. The monoisotopic (exact) mass is 296 g/mol. The molecule has 0 amide bonds. The number of benzene rings is 1. The van der Waals surface area contributed by atoms with E-state index in [0.29, 0.717) is 17.3 Å². The van der Waals surface area contributed by atoms with Crippen molar-refractivity contribution in [3.05, 3.63) is 40.6 Å². The molecule has 108 valence electrons. The van der Waals surface area contributed by atoms with Crippen molar-refractivity contribution in [2.75, 3.05) is 11.5 Å². The van der Waals surface area contributed by atoms with E-state index in [1.165, 1.54) is 16.3 Å². The van der Waals surface area contributed by atoms with E-state index in [1.807, 2.05) is 0 Å². The molecule has 4 N–H and O–H groups in total. The molecule has 0 spiro atoms. The molecule has 21 heavy (non-hydrogen) atoms. The fourth-order valence-electron chi connectivity index (χ4n) is 2.91. The summed E-state index contributed by atoms with van der Waals surface area (Å²) in [4.78, 5) is 8.45.